The lowest BCUT2D eigenvalue weighted by molar-refractivity contribution is 0.0940. The van der Waals surface area contributed by atoms with Crippen LogP contribution >= 0.6 is 0 Å². The smallest absolute Gasteiger partial charge is 0.251 e. The Morgan fingerprint density at radius 3 is 2.45 bits per heavy atom. The Hall–Kier alpha value is -2.18. The molecule has 0 aliphatic rings. The first-order chi connectivity index (χ1) is 10.3. The predicted octanol–water partition coefficient (Wildman–Crippen LogP) is 2.13. The monoisotopic (exact) mass is 318 g/mol. The fourth-order valence-electron chi connectivity index (χ4n) is 2.11. The van der Waals surface area contributed by atoms with Gasteiger partial charge >= 0.3 is 0 Å². The van der Waals surface area contributed by atoms with Crippen LogP contribution in [0.5, 0.6) is 0 Å². The van der Waals surface area contributed by atoms with E-state index in [1.165, 1.54) is 12.1 Å². The van der Waals surface area contributed by atoms with Gasteiger partial charge in [-0.25, -0.2) is 13.6 Å². The second-order valence-corrected chi connectivity index (χ2v) is 6.74. The van der Waals surface area contributed by atoms with Gasteiger partial charge in [-0.05, 0) is 43.7 Å². The molecule has 22 heavy (non-hydrogen) atoms. The molecule has 2 aromatic carbocycles. The topological polar surface area (TPSA) is 89.3 Å². The fourth-order valence-corrected chi connectivity index (χ4v) is 2.68. The van der Waals surface area contributed by atoms with Crippen molar-refractivity contribution in [1.29, 1.82) is 0 Å². The van der Waals surface area contributed by atoms with Gasteiger partial charge in [0.15, 0.2) is 0 Å². The maximum Gasteiger partial charge on any atom is 0.251 e. The van der Waals surface area contributed by atoms with Crippen molar-refractivity contribution in [3.05, 3.63) is 65.2 Å². The lowest BCUT2D eigenvalue weighted by Crippen LogP contribution is -2.27. The quantitative estimate of drug-likeness (QED) is 0.905. The molecule has 0 aliphatic carbocycles. The lowest BCUT2D eigenvalue weighted by atomic mass is 10.1. The minimum atomic E-state index is -3.76. The number of hydrogen-bond acceptors (Lipinski definition) is 3. The van der Waals surface area contributed by atoms with Gasteiger partial charge in [-0.2, -0.15) is 0 Å². The van der Waals surface area contributed by atoms with Crippen LogP contribution < -0.4 is 10.5 Å². The van der Waals surface area contributed by atoms with Crippen molar-refractivity contribution in [2.24, 2.45) is 5.14 Å². The van der Waals surface area contributed by atoms with Gasteiger partial charge in [-0.15, -0.1) is 0 Å². The number of primary sulfonamides is 1. The lowest BCUT2D eigenvalue weighted by Gasteiger charge is -2.15. The van der Waals surface area contributed by atoms with Gasteiger partial charge in [0.2, 0.25) is 10.0 Å². The van der Waals surface area contributed by atoms with E-state index in [4.69, 9.17) is 5.14 Å². The second kappa shape index (κ2) is 6.29. The highest BCUT2D eigenvalue weighted by Crippen LogP contribution is 2.17. The molecule has 0 aromatic heterocycles. The number of carbonyl (C=O) groups excluding carboxylic acids is 1. The first-order valence-corrected chi connectivity index (χ1v) is 8.32. The van der Waals surface area contributed by atoms with Crippen LogP contribution in [-0.4, -0.2) is 14.3 Å². The zero-order valence-electron chi connectivity index (χ0n) is 12.4. The average Bonchev–Trinajstić information content (AvgIpc) is 2.46. The van der Waals surface area contributed by atoms with E-state index in [1.807, 2.05) is 19.1 Å². The Kier molecular flexibility index (Phi) is 4.63. The Balaban J connectivity index is 2.19. The Bertz CT molecular complexity index is 801. The number of hydrogen-bond donors (Lipinski definition) is 2. The van der Waals surface area contributed by atoms with E-state index in [-0.39, 0.29) is 16.8 Å². The van der Waals surface area contributed by atoms with Crippen LogP contribution in [0, 0.1) is 6.92 Å². The maximum atomic E-state index is 12.2. The molecule has 0 radical (unpaired) electrons. The predicted molar refractivity (Wildman–Crippen MR) is 84.9 cm³/mol. The molecule has 116 valence electrons. The third kappa shape index (κ3) is 3.93. The van der Waals surface area contributed by atoms with E-state index in [2.05, 4.69) is 5.32 Å². The molecule has 0 aliphatic heterocycles. The van der Waals surface area contributed by atoms with Gasteiger partial charge < -0.3 is 5.32 Å². The number of nitrogens with one attached hydrogen (secondary N) is 1. The number of sulfonamides is 1. The van der Waals surface area contributed by atoms with E-state index in [1.54, 1.807) is 31.2 Å². The van der Waals surface area contributed by atoms with Crippen LogP contribution in [0.15, 0.2) is 53.4 Å². The molecule has 0 saturated heterocycles. The van der Waals surface area contributed by atoms with E-state index >= 15 is 0 Å². The molecule has 0 heterocycles. The summed E-state index contributed by atoms with van der Waals surface area (Å²) in [6.45, 7) is 3.70. The van der Waals surface area contributed by atoms with Crippen molar-refractivity contribution < 1.29 is 13.2 Å². The summed E-state index contributed by atoms with van der Waals surface area (Å²) in [4.78, 5) is 12.2. The van der Waals surface area contributed by atoms with Gasteiger partial charge in [0, 0.05) is 5.56 Å². The van der Waals surface area contributed by atoms with Crippen LogP contribution in [-0.2, 0) is 10.0 Å². The first-order valence-electron chi connectivity index (χ1n) is 6.77. The number of carbonyl (C=O) groups is 1. The number of aryl methyl sites for hydroxylation is 1. The SMILES string of the molecule is Cc1cccc(C(=O)NC(C)c2cccc(S(N)(=O)=O)c2)c1. The highest BCUT2D eigenvalue weighted by atomic mass is 32.2. The minimum absolute atomic E-state index is 0.0293. The molecule has 6 heteroatoms. The normalized spacial score (nSPS) is 12.7. The van der Waals surface area contributed by atoms with Crippen LogP contribution in [0.4, 0.5) is 0 Å². The second-order valence-electron chi connectivity index (χ2n) is 5.18. The zero-order chi connectivity index (χ0) is 16.3. The summed E-state index contributed by atoms with van der Waals surface area (Å²) in [7, 11) is -3.76. The third-order valence-electron chi connectivity index (χ3n) is 3.31. The molecular formula is C16H18N2O3S. The highest BCUT2D eigenvalue weighted by molar-refractivity contribution is 7.89. The van der Waals surface area contributed by atoms with Crippen LogP contribution in [0.1, 0.15) is 34.5 Å². The molecule has 2 rings (SSSR count). The number of amides is 1. The van der Waals surface area contributed by atoms with E-state index in [0.29, 0.717) is 11.1 Å². The largest absolute Gasteiger partial charge is 0.346 e. The molecule has 5 nitrogen and oxygen atoms in total. The standard InChI is InChI=1S/C16H18N2O3S/c1-11-5-3-7-14(9-11)16(19)18-12(2)13-6-4-8-15(10-13)22(17,20)21/h3-10,12H,1-2H3,(H,18,19)(H2,17,20,21). The fraction of sp³-hybridized carbons (Fsp3) is 0.188. The molecule has 1 amide bonds. The van der Waals surface area contributed by atoms with E-state index in [9.17, 15) is 13.2 Å². The summed E-state index contributed by atoms with van der Waals surface area (Å²) >= 11 is 0. The van der Waals surface area contributed by atoms with Crippen molar-refractivity contribution in [3.8, 4) is 0 Å². The van der Waals surface area contributed by atoms with E-state index in [0.717, 1.165) is 5.56 Å². The third-order valence-corrected chi connectivity index (χ3v) is 4.23. The summed E-state index contributed by atoms with van der Waals surface area (Å²) in [5.74, 6) is -0.211. The molecule has 0 fully saturated rings. The zero-order valence-corrected chi connectivity index (χ0v) is 13.2. The van der Waals surface area contributed by atoms with Crippen molar-refractivity contribution in [3.63, 3.8) is 0 Å². The van der Waals surface area contributed by atoms with Gasteiger partial charge in [0.1, 0.15) is 0 Å². The highest BCUT2D eigenvalue weighted by Gasteiger charge is 2.14. The van der Waals surface area contributed by atoms with Gasteiger partial charge in [0.05, 0.1) is 10.9 Å². The van der Waals surface area contributed by atoms with Gasteiger partial charge in [-0.1, -0.05) is 29.8 Å². The minimum Gasteiger partial charge on any atom is -0.346 e. The maximum absolute atomic E-state index is 12.2. The number of benzene rings is 2. The Labute approximate surface area is 130 Å². The molecule has 1 atom stereocenters. The summed E-state index contributed by atoms with van der Waals surface area (Å²) in [6, 6.07) is 13.2. The molecular weight excluding hydrogens is 300 g/mol. The van der Waals surface area contributed by atoms with Crippen molar-refractivity contribution in [2.75, 3.05) is 0 Å². The van der Waals surface area contributed by atoms with E-state index < -0.39 is 10.0 Å². The molecule has 3 N–H and O–H groups in total. The average molecular weight is 318 g/mol. The van der Waals surface area contributed by atoms with Gasteiger partial charge in [-0.3, -0.25) is 4.79 Å². The van der Waals surface area contributed by atoms with Crippen LogP contribution in [0.3, 0.4) is 0 Å². The summed E-state index contributed by atoms with van der Waals surface area (Å²) in [5, 5.41) is 7.96. The molecule has 0 bridgehead atoms. The summed E-state index contributed by atoms with van der Waals surface area (Å²) < 4.78 is 22.8. The van der Waals surface area contributed by atoms with Crippen molar-refractivity contribution >= 4 is 15.9 Å². The number of rotatable bonds is 4. The first kappa shape index (κ1) is 16.2. The van der Waals surface area contributed by atoms with Crippen LogP contribution in [0.2, 0.25) is 0 Å². The Morgan fingerprint density at radius 2 is 1.82 bits per heavy atom. The molecule has 0 saturated carbocycles. The van der Waals surface area contributed by atoms with Crippen LogP contribution in [0.25, 0.3) is 0 Å². The Morgan fingerprint density at radius 1 is 1.14 bits per heavy atom. The summed E-state index contributed by atoms with van der Waals surface area (Å²) in [5.41, 5.74) is 2.23. The molecule has 1 unspecified atom stereocenters. The molecule has 0 spiro atoms. The summed E-state index contributed by atoms with van der Waals surface area (Å²) in [6.07, 6.45) is 0. The molecule has 2 aromatic rings. The van der Waals surface area contributed by atoms with Crippen molar-refractivity contribution in [2.45, 2.75) is 24.8 Å². The van der Waals surface area contributed by atoms with Crippen molar-refractivity contribution in [1.82, 2.24) is 5.32 Å². The number of nitrogens with two attached hydrogens (primary N) is 1. The van der Waals surface area contributed by atoms with Gasteiger partial charge in [0.25, 0.3) is 5.91 Å².